The van der Waals surface area contributed by atoms with Crippen LogP contribution >= 0.6 is 0 Å². The number of nitrogens with one attached hydrogen (secondary N) is 1. The maximum Gasteiger partial charge on any atom is 0.241 e. The quantitative estimate of drug-likeness (QED) is 0.901. The Morgan fingerprint density at radius 2 is 1.95 bits per heavy atom. The van der Waals surface area contributed by atoms with Gasteiger partial charge in [-0.3, -0.25) is 10.1 Å². The topological polar surface area (TPSA) is 32.3 Å². The van der Waals surface area contributed by atoms with Crippen LogP contribution in [0.15, 0.2) is 24.3 Å². The fourth-order valence-electron chi connectivity index (χ4n) is 3.08. The number of amides is 1. The van der Waals surface area contributed by atoms with E-state index in [9.17, 15) is 4.79 Å². The summed E-state index contributed by atoms with van der Waals surface area (Å²) < 4.78 is 0. The van der Waals surface area contributed by atoms with E-state index in [0.29, 0.717) is 11.8 Å². The summed E-state index contributed by atoms with van der Waals surface area (Å²) in [4.78, 5) is 14.9. The molecule has 114 valence electrons. The van der Waals surface area contributed by atoms with Crippen LogP contribution in [0.2, 0.25) is 0 Å². The molecule has 1 aromatic carbocycles. The first-order chi connectivity index (χ1) is 10.1. The van der Waals surface area contributed by atoms with Crippen LogP contribution in [-0.4, -0.2) is 23.4 Å². The molecule has 1 N–H and O–H groups in total. The second kappa shape index (κ2) is 5.80. The molecule has 1 amide bonds. The zero-order valence-electron chi connectivity index (χ0n) is 13.3. The molecule has 1 saturated carbocycles. The van der Waals surface area contributed by atoms with Gasteiger partial charge in [-0.25, -0.2) is 0 Å². The van der Waals surface area contributed by atoms with E-state index < -0.39 is 0 Å². The number of carbonyl (C=O) groups excluding carboxylic acids is 1. The van der Waals surface area contributed by atoms with Gasteiger partial charge >= 0.3 is 0 Å². The minimum Gasteiger partial charge on any atom is -0.321 e. The number of aryl methyl sites for hydroxylation is 1. The summed E-state index contributed by atoms with van der Waals surface area (Å²) in [6.45, 7) is 7.34. The summed E-state index contributed by atoms with van der Waals surface area (Å²) in [6.07, 6.45) is 3.63. The van der Waals surface area contributed by atoms with E-state index in [1.807, 2.05) is 0 Å². The Morgan fingerprint density at radius 1 is 1.29 bits per heavy atom. The molecule has 0 bridgehead atoms. The Balaban J connectivity index is 1.84. The van der Waals surface area contributed by atoms with Gasteiger partial charge in [0.05, 0.1) is 6.04 Å². The van der Waals surface area contributed by atoms with Crippen molar-refractivity contribution in [1.29, 1.82) is 0 Å². The molecule has 21 heavy (non-hydrogen) atoms. The molecule has 3 heteroatoms. The van der Waals surface area contributed by atoms with E-state index in [4.69, 9.17) is 0 Å². The maximum absolute atomic E-state index is 12.8. The largest absolute Gasteiger partial charge is 0.321 e. The SMILES string of the molecule is CCC(C)C1NC(c2ccc(C)cc2)N(CC2CC2)C1=O. The Kier molecular flexibility index (Phi) is 4.03. The number of hydrogen-bond acceptors (Lipinski definition) is 2. The van der Waals surface area contributed by atoms with Crippen LogP contribution < -0.4 is 5.32 Å². The van der Waals surface area contributed by atoms with Crippen molar-refractivity contribution in [2.75, 3.05) is 6.54 Å². The zero-order valence-corrected chi connectivity index (χ0v) is 13.3. The van der Waals surface area contributed by atoms with Crippen LogP contribution in [0, 0.1) is 18.8 Å². The summed E-state index contributed by atoms with van der Waals surface area (Å²) in [5, 5.41) is 3.59. The molecule has 3 atom stereocenters. The van der Waals surface area contributed by atoms with Crippen molar-refractivity contribution < 1.29 is 4.79 Å². The van der Waals surface area contributed by atoms with Crippen molar-refractivity contribution in [3.05, 3.63) is 35.4 Å². The minimum absolute atomic E-state index is 0.0277. The third-order valence-corrected chi connectivity index (χ3v) is 4.96. The highest BCUT2D eigenvalue weighted by atomic mass is 16.2. The third kappa shape index (κ3) is 2.98. The van der Waals surface area contributed by atoms with Crippen LogP contribution in [0.5, 0.6) is 0 Å². The molecule has 1 saturated heterocycles. The van der Waals surface area contributed by atoms with Gasteiger partial charge in [-0.05, 0) is 37.2 Å². The standard InChI is InChI=1S/C18H26N2O/c1-4-13(3)16-18(21)20(11-14-7-8-14)17(19-16)15-9-5-12(2)6-10-15/h5-6,9-10,13-14,16-17,19H,4,7-8,11H2,1-3H3. The number of carbonyl (C=O) groups is 1. The maximum atomic E-state index is 12.8. The lowest BCUT2D eigenvalue weighted by molar-refractivity contribution is -0.131. The summed E-state index contributed by atoms with van der Waals surface area (Å²) in [5.74, 6) is 1.40. The smallest absolute Gasteiger partial charge is 0.241 e. The zero-order chi connectivity index (χ0) is 15.0. The Morgan fingerprint density at radius 3 is 2.52 bits per heavy atom. The van der Waals surface area contributed by atoms with Crippen molar-refractivity contribution >= 4 is 5.91 Å². The number of nitrogens with zero attached hydrogens (tertiary/aromatic N) is 1. The van der Waals surface area contributed by atoms with E-state index in [0.717, 1.165) is 18.9 Å². The van der Waals surface area contributed by atoms with E-state index in [1.54, 1.807) is 0 Å². The molecule has 1 heterocycles. The Labute approximate surface area is 127 Å². The van der Waals surface area contributed by atoms with Crippen molar-refractivity contribution in [3.63, 3.8) is 0 Å². The van der Waals surface area contributed by atoms with Gasteiger partial charge in [-0.15, -0.1) is 0 Å². The van der Waals surface area contributed by atoms with Crippen LogP contribution in [-0.2, 0) is 4.79 Å². The lowest BCUT2D eigenvalue weighted by Gasteiger charge is -2.24. The summed E-state index contributed by atoms with van der Waals surface area (Å²) in [5.41, 5.74) is 2.47. The first-order valence-electron chi connectivity index (χ1n) is 8.23. The highest BCUT2D eigenvalue weighted by Gasteiger charge is 2.43. The van der Waals surface area contributed by atoms with Crippen molar-refractivity contribution in [2.24, 2.45) is 11.8 Å². The number of hydrogen-bond donors (Lipinski definition) is 1. The summed E-state index contributed by atoms with van der Waals surface area (Å²) in [7, 11) is 0. The molecule has 3 nitrogen and oxygen atoms in total. The first kappa shape index (κ1) is 14.6. The second-order valence-corrected chi connectivity index (χ2v) is 6.78. The van der Waals surface area contributed by atoms with E-state index in [-0.39, 0.29) is 12.2 Å². The summed E-state index contributed by atoms with van der Waals surface area (Å²) in [6, 6.07) is 8.54. The molecule has 1 aliphatic carbocycles. The average molecular weight is 286 g/mol. The van der Waals surface area contributed by atoms with E-state index in [2.05, 4.69) is 55.3 Å². The van der Waals surface area contributed by atoms with Crippen LogP contribution in [0.4, 0.5) is 0 Å². The van der Waals surface area contributed by atoms with Gasteiger partial charge in [-0.1, -0.05) is 50.1 Å². The van der Waals surface area contributed by atoms with Crippen molar-refractivity contribution in [3.8, 4) is 0 Å². The highest BCUT2D eigenvalue weighted by molar-refractivity contribution is 5.85. The molecule has 2 fully saturated rings. The molecular weight excluding hydrogens is 260 g/mol. The minimum atomic E-state index is -0.0277. The van der Waals surface area contributed by atoms with Crippen LogP contribution in [0.25, 0.3) is 0 Å². The molecule has 1 aliphatic heterocycles. The lowest BCUT2D eigenvalue weighted by Crippen LogP contribution is -2.36. The monoisotopic (exact) mass is 286 g/mol. The summed E-state index contributed by atoms with van der Waals surface area (Å²) >= 11 is 0. The fourth-order valence-corrected chi connectivity index (χ4v) is 3.08. The molecule has 0 aromatic heterocycles. The predicted molar refractivity (Wildman–Crippen MR) is 84.7 cm³/mol. The number of benzene rings is 1. The molecule has 0 radical (unpaired) electrons. The number of rotatable bonds is 5. The van der Waals surface area contributed by atoms with Crippen molar-refractivity contribution in [1.82, 2.24) is 10.2 Å². The molecular formula is C18H26N2O. The van der Waals surface area contributed by atoms with Gasteiger partial charge in [0, 0.05) is 6.54 Å². The third-order valence-electron chi connectivity index (χ3n) is 4.96. The Hall–Kier alpha value is -1.35. The van der Waals surface area contributed by atoms with Gasteiger partial charge in [0.1, 0.15) is 6.17 Å². The second-order valence-electron chi connectivity index (χ2n) is 6.78. The molecule has 3 unspecified atom stereocenters. The van der Waals surface area contributed by atoms with Crippen molar-refractivity contribution in [2.45, 2.75) is 52.2 Å². The van der Waals surface area contributed by atoms with Gasteiger partial charge in [0.25, 0.3) is 0 Å². The van der Waals surface area contributed by atoms with E-state index >= 15 is 0 Å². The predicted octanol–water partition coefficient (Wildman–Crippen LogP) is 3.25. The van der Waals surface area contributed by atoms with Gasteiger partial charge in [0.15, 0.2) is 0 Å². The normalized spacial score (nSPS) is 27.2. The fraction of sp³-hybridized carbons (Fsp3) is 0.611. The average Bonchev–Trinajstić information content (AvgIpc) is 3.25. The molecule has 2 aliphatic rings. The molecule has 1 aromatic rings. The van der Waals surface area contributed by atoms with Crippen LogP contribution in [0.3, 0.4) is 0 Å². The van der Waals surface area contributed by atoms with Gasteiger partial charge in [0.2, 0.25) is 5.91 Å². The highest BCUT2D eigenvalue weighted by Crippen LogP contribution is 2.36. The lowest BCUT2D eigenvalue weighted by atomic mass is 9.99. The van der Waals surface area contributed by atoms with E-state index in [1.165, 1.54) is 24.0 Å². The van der Waals surface area contributed by atoms with Gasteiger partial charge in [-0.2, -0.15) is 0 Å². The van der Waals surface area contributed by atoms with Gasteiger partial charge < -0.3 is 4.90 Å². The molecule has 3 rings (SSSR count). The van der Waals surface area contributed by atoms with Crippen LogP contribution in [0.1, 0.15) is 50.4 Å². The first-order valence-corrected chi connectivity index (χ1v) is 8.23. The Bertz CT molecular complexity index is 506. The molecule has 0 spiro atoms.